The molecule has 0 unspecified atom stereocenters. The van der Waals surface area contributed by atoms with Crippen molar-refractivity contribution in [3.8, 4) is 0 Å². The molecule has 0 bridgehead atoms. The Balaban J connectivity index is 2.26. The van der Waals surface area contributed by atoms with E-state index in [0.29, 0.717) is 13.1 Å². The van der Waals surface area contributed by atoms with Crippen molar-refractivity contribution in [1.82, 2.24) is 4.90 Å². The standard InChI is InChI=1S/C13H13F2NO/c1-9-4-3-7-16(8-9)13(17)10-5-2-6-11(14)12(10)15/h2,4-6H,3,7-8H2,1H3. The summed E-state index contributed by atoms with van der Waals surface area (Å²) < 4.78 is 26.5. The molecule has 0 fully saturated rings. The molecule has 17 heavy (non-hydrogen) atoms. The number of nitrogens with zero attached hydrogens (tertiary/aromatic N) is 1. The van der Waals surface area contributed by atoms with Crippen molar-refractivity contribution in [1.29, 1.82) is 0 Å². The zero-order valence-corrected chi connectivity index (χ0v) is 9.54. The first-order valence-electron chi connectivity index (χ1n) is 5.48. The van der Waals surface area contributed by atoms with Gasteiger partial charge in [0.1, 0.15) is 0 Å². The van der Waals surface area contributed by atoms with Crippen LogP contribution in [0, 0.1) is 11.6 Å². The third-order valence-corrected chi connectivity index (χ3v) is 2.80. The topological polar surface area (TPSA) is 20.3 Å². The lowest BCUT2D eigenvalue weighted by Crippen LogP contribution is -2.36. The van der Waals surface area contributed by atoms with Gasteiger partial charge in [-0.3, -0.25) is 4.79 Å². The third-order valence-electron chi connectivity index (χ3n) is 2.80. The van der Waals surface area contributed by atoms with Crippen LogP contribution < -0.4 is 0 Å². The van der Waals surface area contributed by atoms with E-state index >= 15 is 0 Å². The van der Waals surface area contributed by atoms with Gasteiger partial charge in [-0.05, 0) is 25.5 Å². The first-order chi connectivity index (χ1) is 8.09. The first-order valence-corrected chi connectivity index (χ1v) is 5.48. The van der Waals surface area contributed by atoms with Gasteiger partial charge in [0, 0.05) is 13.1 Å². The van der Waals surface area contributed by atoms with E-state index in [1.165, 1.54) is 17.0 Å². The molecule has 0 atom stereocenters. The van der Waals surface area contributed by atoms with Crippen molar-refractivity contribution in [3.05, 3.63) is 47.0 Å². The Hall–Kier alpha value is -1.71. The molecule has 1 aromatic rings. The van der Waals surface area contributed by atoms with Crippen molar-refractivity contribution < 1.29 is 13.6 Å². The molecule has 0 aliphatic carbocycles. The highest BCUT2D eigenvalue weighted by atomic mass is 19.2. The van der Waals surface area contributed by atoms with Crippen LogP contribution in [0.5, 0.6) is 0 Å². The molecule has 1 aliphatic heterocycles. The fourth-order valence-corrected chi connectivity index (χ4v) is 1.92. The Morgan fingerprint density at radius 2 is 2.12 bits per heavy atom. The Labute approximate surface area is 98.5 Å². The number of rotatable bonds is 1. The molecule has 1 amide bonds. The Morgan fingerprint density at radius 1 is 1.35 bits per heavy atom. The molecule has 0 aromatic heterocycles. The van der Waals surface area contributed by atoms with Gasteiger partial charge in [0.25, 0.3) is 5.91 Å². The van der Waals surface area contributed by atoms with Crippen LogP contribution in [0.25, 0.3) is 0 Å². The summed E-state index contributed by atoms with van der Waals surface area (Å²) in [7, 11) is 0. The number of halogens is 2. The summed E-state index contributed by atoms with van der Waals surface area (Å²) in [5.41, 5.74) is 0.876. The predicted octanol–water partition coefficient (Wildman–Crippen LogP) is 2.76. The normalized spacial score (nSPS) is 15.7. The molecule has 0 N–H and O–H groups in total. The molecule has 0 spiro atoms. The molecule has 0 saturated carbocycles. The van der Waals surface area contributed by atoms with Gasteiger partial charge in [0.15, 0.2) is 11.6 Å². The molecule has 1 heterocycles. The SMILES string of the molecule is CC1=CCCN(C(=O)c2cccc(F)c2F)C1. The van der Waals surface area contributed by atoms with E-state index in [9.17, 15) is 13.6 Å². The largest absolute Gasteiger partial charge is 0.334 e. The molecule has 90 valence electrons. The van der Waals surface area contributed by atoms with E-state index in [4.69, 9.17) is 0 Å². The quantitative estimate of drug-likeness (QED) is 0.688. The Bertz CT molecular complexity index is 482. The lowest BCUT2D eigenvalue weighted by Gasteiger charge is -2.26. The molecule has 1 aromatic carbocycles. The average molecular weight is 237 g/mol. The minimum absolute atomic E-state index is 0.195. The molecule has 2 rings (SSSR count). The Kier molecular flexibility index (Phi) is 3.22. The van der Waals surface area contributed by atoms with Crippen LogP contribution >= 0.6 is 0 Å². The second-order valence-electron chi connectivity index (χ2n) is 4.17. The van der Waals surface area contributed by atoms with Gasteiger partial charge in [0.2, 0.25) is 0 Å². The summed E-state index contributed by atoms with van der Waals surface area (Å²) >= 11 is 0. The van der Waals surface area contributed by atoms with Crippen molar-refractivity contribution in [3.63, 3.8) is 0 Å². The number of benzene rings is 1. The molecule has 2 nitrogen and oxygen atoms in total. The van der Waals surface area contributed by atoms with Crippen LogP contribution in [0.15, 0.2) is 29.8 Å². The number of amides is 1. The van der Waals surface area contributed by atoms with Gasteiger partial charge < -0.3 is 4.90 Å². The van der Waals surface area contributed by atoms with Crippen LogP contribution in [-0.4, -0.2) is 23.9 Å². The summed E-state index contributed by atoms with van der Waals surface area (Å²) in [5, 5.41) is 0. The van der Waals surface area contributed by atoms with E-state index in [1.807, 2.05) is 13.0 Å². The minimum atomic E-state index is -1.07. The van der Waals surface area contributed by atoms with Crippen LogP contribution in [0.4, 0.5) is 8.78 Å². The number of carbonyl (C=O) groups is 1. The van der Waals surface area contributed by atoms with E-state index in [0.717, 1.165) is 18.1 Å². The highest BCUT2D eigenvalue weighted by molar-refractivity contribution is 5.94. The van der Waals surface area contributed by atoms with Crippen molar-refractivity contribution in [2.75, 3.05) is 13.1 Å². The summed E-state index contributed by atoms with van der Waals surface area (Å²) in [6.45, 7) is 2.95. The number of hydrogen-bond donors (Lipinski definition) is 0. The lowest BCUT2D eigenvalue weighted by molar-refractivity contribution is 0.0760. The smallest absolute Gasteiger partial charge is 0.257 e. The number of hydrogen-bond acceptors (Lipinski definition) is 1. The molecular weight excluding hydrogens is 224 g/mol. The van der Waals surface area contributed by atoms with Gasteiger partial charge in [-0.2, -0.15) is 0 Å². The monoisotopic (exact) mass is 237 g/mol. The van der Waals surface area contributed by atoms with Crippen LogP contribution in [0.1, 0.15) is 23.7 Å². The lowest BCUT2D eigenvalue weighted by atomic mass is 10.1. The van der Waals surface area contributed by atoms with Crippen LogP contribution in [-0.2, 0) is 0 Å². The average Bonchev–Trinajstić information content (AvgIpc) is 2.32. The highest BCUT2D eigenvalue weighted by Crippen LogP contribution is 2.17. The minimum Gasteiger partial charge on any atom is -0.334 e. The molecular formula is C13H13F2NO. The van der Waals surface area contributed by atoms with Crippen molar-refractivity contribution in [2.24, 2.45) is 0 Å². The second-order valence-corrected chi connectivity index (χ2v) is 4.17. The van der Waals surface area contributed by atoms with Crippen molar-refractivity contribution in [2.45, 2.75) is 13.3 Å². The number of carbonyl (C=O) groups excluding carboxylic acids is 1. The summed E-state index contributed by atoms with van der Waals surface area (Å²) in [6.07, 6.45) is 2.81. The Morgan fingerprint density at radius 3 is 2.82 bits per heavy atom. The van der Waals surface area contributed by atoms with Gasteiger partial charge >= 0.3 is 0 Å². The molecule has 4 heteroatoms. The first kappa shape index (κ1) is 11.8. The zero-order chi connectivity index (χ0) is 12.4. The fourth-order valence-electron chi connectivity index (χ4n) is 1.92. The van der Waals surface area contributed by atoms with Gasteiger partial charge in [-0.15, -0.1) is 0 Å². The predicted molar refractivity (Wildman–Crippen MR) is 60.6 cm³/mol. The van der Waals surface area contributed by atoms with Gasteiger partial charge in [-0.25, -0.2) is 8.78 Å². The zero-order valence-electron chi connectivity index (χ0n) is 9.54. The van der Waals surface area contributed by atoms with E-state index < -0.39 is 17.5 Å². The molecule has 0 saturated heterocycles. The van der Waals surface area contributed by atoms with E-state index in [-0.39, 0.29) is 5.56 Å². The summed E-state index contributed by atoms with van der Waals surface area (Å²) in [4.78, 5) is 13.5. The summed E-state index contributed by atoms with van der Waals surface area (Å²) in [6, 6.07) is 3.67. The summed E-state index contributed by atoms with van der Waals surface area (Å²) in [5.74, 6) is -2.50. The maximum Gasteiger partial charge on any atom is 0.257 e. The second kappa shape index (κ2) is 4.65. The molecule has 1 aliphatic rings. The highest BCUT2D eigenvalue weighted by Gasteiger charge is 2.22. The van der Waals surface area contributed by atoms with E-state index in [1.54, 1.807) is 0 Å². The van der Waals surface area contributed by atoms with Crippen LogP contribution in [0.3, 0.4) is 0 Å². The fraction of sp³-hybridized carbons (Fsp3) is 0.308. The van der Waals surface area contributed by atoms with E-state index in [2.05, 4.69) is 0 Å². The maximum absolute atomic E-state index is 13.5. The third kappa shape index (κ3) is 2.35. The van der Waals surface area contributed by atoms with Crippen molar-refractivity contribution >= 4 is 5.91 Å². The molecule has 0 radical (unpaired) electrons. The van der Waals surface area contributed by atoms with Gasteiger partial charge in [-0.1, -0.05) is 17.7 Å². The maximum atomic E-state index is 13.5. The van der Waals surface area contributed by atoms with Crippen LogP contribution in [0.2, 0.25) is 0 Å². The van der Waals surface area contributed by atoms with Gasteiger partial charge in [0.05, 0.1) is 5.56 Å².